The summed E-state index contributed by atoms with van der Waals surface area (Å²) in [6, 6.07) is 6.12. The van der Waals surface area contributed by atoms with Gasteiger partial charge in [0, 0.05) is 38.4 Å². The lowest BCUT2D eigenvalue weighted by Crippen LogP contribution is -2.39. The van der Waals surface area contributed by atoms with E-state index in [1.54, 1.807) is 23.2 Å². The van der Waals surface area contributed by atoms with E-state index in [4.69, 9.17) is 0 Å². The molecule has 1 aromatic heterocycles. The number of nitrogens with zero attached hydrogens (tertiary/aromatic N) is 3. The number of halogens is 2. The number of ether oxygens (including phenoxy) is 1. The van der Waals surface area contributed by atoms with Gasteiger partial charge in [-0.25, -0.2) is 4.98 Å². The summed E-state index contributed by atoms with van der Waals surface area (Å²) in [5.74, 6) is 0.706. The third-order valence-electron chi connectivity index (χ3n) is 4.27. The zero-order valence-electron chi connectivity index (χ0n) is 13.4. The average Bonchev–Trinajstić information content (AvgIpc) is 3.00. The first-order valence-electron chi connectivity index (χ1n) is 7.86. The molecule has 0 spiro atoms. The minimum absolute atomic E-state index is 0.0865. The van der Waals surface area contributed by atoms with E-state index in [1.807, 2.05) is 17.8 Å². The third-order valence-corrected chi connectivity index (χ3v) is 4.27. The molecule has 0 saturated carbocycles. The summed E-state index contributed by atoms with van der Waals surface area (Å²) in [5.41, 5.74) is 0.165. The van der Waals surface area contributed by atoms with Crippen molar-refractivity contribution in [2.75, 3.05) is 13.1 Å². The number of rotatable bonds is 4. The molecule has 1 unspecified atom stereocenters. The first-order chi connectivity index (χ1) is 11.6. The minimum Gasteiger partial charge on any atom is -0.434 e. The van der Waals surface area contributed by atoms with Gasteiger partial charge in [0.1, 0.15) is 11.6 Å². The van der Waals surface area contributed by atoms with Crippen molar-refractivity contribution in [3.05, 3.63) is 48.0 Å². The number of imidazole rings is 1. The maximum Gasteiger partial charge on any atom is 0.387 e. The molecule has 1 aliphatic rings. The molecule has 2 heterocycles. The summed E-state index contributed by atoms with van der Waals surface area (Å²) in [6.07, 6.45) is 5.41. The highest BCUT2D eigenvalue weighted by Gasteiger charge is 2.29. The summed E-state index contributed by atoms with van der Waals surface area (Å²) in [6.45, 7) is -1.84. The lowest BCUT2D eigenvalue weighted by atomic mass is 9.96. The highest BCUT2D eigenvalue weighted by atomic mass is 19.3. The van der Waals surface area contributed by atoms with E-state index >= 15 is 0 Å². The number of aromatic nitrogens is 2. The Morgan fingerprint density at radius 3 is 2.88 bits per heavy atom. The Bertz CT molecular complexity index is 717. The van der Waals surface area contributed by atoms with Crippen LogP contribution in [0, 0.1) is 0 Å². The number of carbonyl (C=O) groups is 1. The first-order valence-corrected chi connectivity index (χ1v) is 7.86. The molecule has 2 aromatic rings. The Kier molecular flexibility index (Phi) is 4.78. The Balaban J connectivity index is 1.79. The SMILES string of the molecule is Cn1ccnc1C1CCCN(C(=O)c2ccccc2OC(F)F)C1. The Morgan fingerprint density at radius 1 is 1.38 bits per heavy atom. The van der Waals surface area contributed by atoms with Gasteiger partial charge in [-0.3, -0.25) is 4.79 Å². The standard InChI is InChI=1S/C17H19F2N3O2/c1-21-10-8-20-15(21)12-5-4-9-22(11-12)16(23)13-6-2-3-7-14(13)24-17(18)19/h2-3,6-8,10,12,17H,4-5,9,11H2,1H3. The van der Waals surface area contributed by atoms with E-state index in [9.17, 15) is 13.6 Å². The van der Waals surface area contributed by atoms with Crippen LogP contribution >= 0.6 is 0 Å². The van der Waals surface area contributed by atoms with Gasteiger partial charge in [-0.05, 0) is 25.0 Å². The average molecular weight is 335 g/mol. The number of amides is 1. The third kappa shape index (κ3) is 3.39. The number of benzene rings is 1. The molecule has 1 aliphatic heterocycles. The zero-order valence-corrected chi connectivity index (χ0v) is 13.4. The summed E-state index contributed by atoms with van der Waals surface area (Å²) in [7, 11) is 1.93. The van der Waals surface area contributed by atoms with Crippen LogP contribution in [-0.2, 0) is 7.05 Å². The molecule has 24 heavy (non-hydrogen) atoms. The molecule has 0 N–H and O–H groups in total. The molecule has 128 valence electrons. The van der Waals surface area contributed by atoms with Gasteiger partial charge in [-0.15, -0.1) is 0 Å². The van der Waals surface area contributed by atoms with Gasteiger partial charge in [0.25, 0.3) is 5.91 Å². The van der Waals surface area contributed by atoms with Crippen LogP contribution in [0.15, 0.2) is 36.7 Å². The molecule has 1 amide bonds. The summed E-state index contributed by atoms with van der Waals surface area (Å²) < 4.78 is 31.5. The molecule has 3 rings (SSSR count). The summed E-state index contributed by atoms with van der Waals surface area (Å²) >= 11 is 0. The van der Waals surface area contributed by atoms with Crippen LogP contribution in [0.5, 0.6) is 5.75 Å². The molecule has 5 nitrogen and oxygen atoms in total. The molecular formula is C17H19F2N3O2. The van der Waals surface area contributed by atoms with Crippen LogP contribution in [-0.4, -0.2) is 40.1 Å². The fourth-order valence-corrected chi connectivity index (χ4v) is 3.16. The molecule has 0 aliphatic carbocycles. The van der Waals surface area contributed by atoms with Gasteiger partial charge >= 0.3 is 6.61 Å². The molecule has 1 atom stereocenters. The molecular weight excluding hydrogens is 316 g/mol. The lowest BCUT2D eigenvalue weighted by Gasteiger charge is -2.32. The van der Waals surface area contributed by atoms with Crippen LogP contribution in [0.1, 0.15) is 34.9 Å². The van der Waals surface area contributed by atoms with Crippen LogP contribution < -0.4 is 4.74 Å². The van der Waals surface area contributed by atoms with Crippen molar-refractivity contribution in [1.29, 1.82) is 0 Å². The van der Waals surface area contributed by atoms with Crippen molar-refractivity contribution in [3.63, 3.8) is 0 Å². The molecule has 1 saturated heterocycles. The Labute approximate surface area is 138 Å². The van der Waals surface area contributed by atoms with Crippen molar-refractivity contribution >= 4 is 5.91 Å². The van der Waals surface area contributed by atoms with Crippen LogP contribution in [0.4, 0.5) is 8.78 Å². The number of alkyl halides is 2. The van der Waals surface area contributed by atoms with Gasteiger partial charge in [0.05, 0.1) is 5.56 Å². The highest BCUT2D eigenvalue weighted by Crippen LogP contribution is 2.28. The highest BCUT2D eigenvalue weighted by molar-refractivity contribution is 5.97. The largest absolute Gasteiger partial charge is 0.434 e. The van der Waals surface area contributed by atoms with Crippen molar-refractivity contribution in [2.24, 2.45) is 7.05 Å². The second kappa shape index (κ2) is 6.98. The van der Waals surface area contributed by atoms with Crippen LogP contribution in [0.3, 0.4) is 0 Å². The molecule has 7 heteroatoms. The van der Waals surface area contributed by atoms with E-state index in [0.717, 1.165) is 18.7 Å². The lowest BCUT2D eigenvalue weighted by molar-refractivity contribution is -0.0503. The molecule has 1 aromatic carbocycles. The smallest absolute Gasteiger partial charge is 0.387 e. The molecule has 1 fully saturated rings. The van der Waals surface area contributed by atoms with Crippen LogP contribution in [0.2, 0.25) is 0 Å². The fourth-order valence-electron chi connectivity index (χ4n) is 3.16. The van der Waals surface area contributed by atoms with Gasteiger partial charge in [-0.2, -0.15) is 8.78 Å². The zero-order chi connectivity index (χ0) is 17.1. The van der Waals surface area contributed by atoms with Gasteiger partial charge in [0.2, 0.25) is 0 Å². The van der Waals surface area contributed by atoms with E-state index in [-0.39, 0.29) is 23.1 Å². The minimum atomic E-state index is -2.96. The van der Waals surface area contributed by atoms with Crippen molar-refractivity contribution in [3.8, 4) is 5.75 Å². The molecule has 0 bridgehead atoms. The predicted octanol–water partition coefficient (Wildman–Crippen LogP) is 3.04. The second-order valence-corrected chi connectivity index (χ2v) is 5.86. The number of para-hydroxylation sites is 1. The summed E-state index contributed by atoms with van der Waals surface area (Å²) in [4.78, 5) is 18.8. The van der Waals surface area contributed by atoms with Crippen molar-refractivity contribution in [2.45, 2.75) is 25.4 Å². The number of hydrogen-bond acceptors (Lipinski definition) is 3. The van der Waals surface area contributed by atoms with E-state index in [0.29, 0.717) is 13.1 Å². The maximum absolute atomic E-state index is 12.8. The number of piperidine rings is 1. The van der Waals surface area contributed by atoms with E-state index in [1.165, 1.54) is 12.1 Å². The van der Waals surface area contributed by atoms with Crippen molar-refractivity contribution in [1.82, 2.24) is 14.5 Å². The van der Waals surface area contributed by atoms with Gasteiger partial charge in [-0.1, -0.05) is 12.1 Å². The monoisotopic (exact) mass is 335 g/mol. The normalized spacial score (nSPS) is 18.0. The van der Waals surface area contributed by atoms with Crippen molar-refractivity contribution < 1.29 is 18.3 Å². The number of aryl methyl sites for hydroxylation is 1. The number of likely N-dealkylation sites (tertiary alicyclic amines) is 1. The van der Waals surface area contributed by atoms with E-state index in [2.05, 4.69) is 9.72 Å². The number of carbonyl (C=O) groups excluding carboxylic acids is 1. The molecule has 0 radical (unpaired) electrons. The number of hydrogen-bond donors (Lipinski definition) is 0. The topological polar surface area (TPSA) is 47.4 Å². The van der Waals surface area contributed by atoms with Gasteiger partial charge in [0.15, 0.2) is 0 Å². The maximum atomic E-state index is 12.8. The quantitative estimate of drug-likeness (QED) is 0.863. The van der Waals surface area contributed by atoms with Crippen LogP contribution in [0.25, 0.3) is 0 Å². The predicted molar refractivity (Wildman–Crippen MR) is 84.2 cm³/mol. The Hall–Kier alpha value is -2.44. The first kappa shape index (κ1) is 16.4. The Morgan fingerprint density at radius 2 is 2.17 bits per heavy atom. The fraction of sp³-hybridized carbons (Fsp3) is 0.412. The van der Waals surface area contributed by atoms with E-state index < -0.39 is 6.61 Å². The second-order valence-electron chi connectivity index (χ2n) is 5.86. The van der Waals surface area contributed by atoms with Gasteiger partial charge < -0.3 is 14.2 Å². The summed E-state index contributed by atoms with van der Waals surface area (Å²) in [5, 5.41) is 0.